The molecule has 0 N–H and O–H groups in total. The highest BCUT2D eigenvalue weighted by Crippen LogP contribution is 2.51. The van der Waals surface area contributed by atoms with E-state index in [4.69, 9.17) is 0 Å². The van der Waals surface area contributed by atoms with Gasteiger partial charge in [-0.3, -0.25) is 9.97 Å². The van der Waals surface area contributed by atoms with E-state index in [1.54, 1.807) is 0 Å². The van der Waals surface area contributed by atoms with Crippen LogP contribution in [-0.4, -0.2) is 14.5 Å². The molecule has 1 aliphatic carbocycles. The fourth-order valence-corrected chi connectivity index (χ4v) is 6.69. The largest absolute Gasteiger partial charge is 0.309 e. The van der Waals surface area contributed by atoms with Crippen LogP contribution < -0.4 is 0 Å². The van der Waals surface area contributed by atoms with Gasteiger partial charge in [0.1, 0.15) is 0 Å². The zero-order valence-electron chi connectivity index (χ0n) is 22.1. The lowest BCUT2D eigenvalue weighted by atomic mass is 9.97. The topological polar surface area (TPSA) is 30.7 Å². The molecule has 0 bridgehead atoms. The number of aromatic nitrogens is 3. The van der Waals surface area contributed by atoms with Crippen molar-refractivity contribution in [2.24, 2.45) is 0 Å². The van der Waals surface area contributed by atoms with Gasteiger partial charge in [0, 0.05) is 46.2 Å². The first kappa shape index (κ1) is 22.3. The Hall–Kier alpha value is -5.54. The summed E-state index contributed by atoms with van der Waals surface area (Å²) in [6.45, 7) is 0. The standard InChI is InChI=1S/C38H23N3/c1-2-9-27(10-3-1)41-35-17-16-24(25-19-26(23-39-22-25)34-15-6-7-18-40-34)20-33(35)38-31-14-8-13-30-28-11-4-5-12-29(28)32(37(30)31)21-36(38)41/h1-23H. The van der Waals surface area contributed by atoms with Gasteiger partial charge in [0.15, 0.2) is 0 Å². The summed E-state index contributed by atoms with van der Waals surface area (Å²) in [6, 6.07) is 43.6. The van der Waals surface area contributed by atoms with Crippen LogP contribution in [0.2, 0.25) is 0 Å². The first-order valence-electron chi connectivity index (χ1n) is 13.9. The van der Waals surface area contributed by atoms with Gasteiger partial charge < -0.3 is 4.57 Å². The number of pyridine rings is 2. The highest BCUT2D eigenvalue weighted by Gasteiger charge is 2.25. The van der Waals surface area contributed by atoms with Gasteiger partial charge in [-0.15, -0.1) is 0 Å². The lowest BCUT2D eigenvalue weighted by molar-refractivity contribution is 1.18. The maximum absolute atomic E-state index is 4.59. The summed E-state index contributed by atoms with van der Waals surface area (Å²) in [5.41, 5.74) is 13.0. The van der Waals surface area contributed by atoms with Crippen LogP contribution in [0.3, 0.4) is 0 Å². The van der Waals surface area contributed by atoms with E-state index in [-0.39, 0.29) is 0 Å². The molecule has 0 radical (unpaired) electrons. The quantitative estimate of drug-likeness (QED) is 0.232. The summed E-state index contributed by atoms with van der Waals surface area (Å²) in [4.78, 5) is 9.13. The number of hydrogen-bond acceptors (Lipinski definition) is 2. The second kappa shape index (κ2) is 8.48. The maximum Gasteiger partial charge on any atom is 0.0717 e. The Labute approximate surface area is 237 Å². The van der Waals surface area contributed by atoms with Crippen molar-refractivity contribution in [1.29, 1.82) is 0 Å². The molecule has 9 rings (SSSR count). The van der Waals surface area contributed by atoms with Crippen molar-refractivity contribution in [2.45, 2.75) is 0 Å². The molecule has 3 heteroatoms. The van der Waals surface area contributed by atoms with E-state index < -0.39 is 0 Å². The third kappa shape index (κ3) is 3.20. The van der Waals surface area contributed by atoms with E-state index in [9.17, 15) is 0 Å². The van der Waals surface area contributed by atoms with E-state index in [0.717, 1.165) is 28.1 Å². The van der Waals surface area contributed by atoms with Crippen LogP contribution >= 0.6 is 0 Å². The monoisotopic (exact) mass is 521 g/mol. The van der Waals surface area contributed by atoms with Gasteiger partial charge in [-0.05, 0) is 87.1 Å². The highest BCUT2D eigenvalue weighted by atomic mass is 15.0. The highest BCUT2D eigenvalue weighted by molar-refractivity contribution is 6.29. The van der Waals surface area contributed by atoms with Crippen molar-refractivity contribution in [2.75, 3.05) is 0 Å². The van der Waals surface area contributed by atoms with Crippen LogP contribution in [0.15, 0.2) is 140 Å². The molecule has 0 fully saturated rings. The van der Waals surface area contributed by atoms with Crippen molar-refractivity contribution in [1.82, 2.24) is 14.5 Å². The molecule has 5 aromatic carbocycles. The van der Waals surface area contributed by atoms with E-state index in [0.29, 0.717) is 0 Å². The zero-order valence-corrected chi connectivity index (χ0v) is 22.1. The third-order valence-corrected chi connectivity index (χ3v) is 8.44. The Morgan fingerprint density at radius 2 is 1.24 bits per heavy atom. The SMILES string of the molecule is c1ccc(-n2c3ccc(-c4cncc(-c5ccccn5)c4)cc3c3c4cccc5c4c(cc32)-c2ccccc2-5)cc1. The smallest absolute Gasteiger partial charge is 0.0717 e. The number of fused-ring (bicyclic) bond motifs is 7. The normalized spacial score (nSPS) is 11.9. The molecule has 41 heavy (non-hydrogen) atoms. The summed E-state index contributed by atoms with van der Waals surface area (Å²) < 4.78 is 2.42. The number of hydrogen-bond donors (Lipinski definition) is 0. The average molecular weight is 522 g/mol. The molecule has 1 aliphatic rings. The molecular formula is C38H23N3. The van der Waals surface area contributed by atoms with Crippen LogP contribution in [0.4, 0.5) is 0 Å². The van der Waals surface area contributed by atoms with Crippen molar-refractivity contribution in [3.63, 3.8) is 0 Å². The van der Waals surface area contributed by atoms with Crippen molar-refractivity contribution in [3.8, 4) is 50.3 Å². The third-order valence-electron chi connectivity index (χ3n) is 8.44. The molecule has 3 aromatic heterocycles. The summed E-state index contributed by atoms with van der Waals surface area (Å²) in [7, 11) is 0. The Morgan fingerprint density at radius 3 is 2.10 bits per heavy atom. The van der Waals surface area contributed by atoms with Gasteiger partial charge in [-0.1, -0.05) is 72.8 Å². The zero-order chi connectivity index (χ0) is 26.9. The average Bonchev–Trinajstić information content (AvgIpc) is 3.55. The van der Waals surface area contributed by atoms with Crippen LogP contribution in [0.25, 0.3) is 82.9 Å². The molecule has 3 nitrogen and oxygen atoms in total. The second-order valence-corrected chi connectivity index (χ2v) is 10.7. The first-order valence-corrected chi connectivity index (χ1v) is 13.9. The Bertz CT molecular complexity index is 2300. The summed E-state index contributed by atoms with van der Waals surface area (Å²) in [5.74, 6) is 0. The number of rotatable bonds is 3. The van der Waals surface area contributed by atoms with Gasteiger partial charge in [-0.25, -0.2) is 0 Å². The van der Waals surface area contributed by atoms with Crippen LogP contribution in [-0.2, 0) is 0 Å². The predicted octanol–water partition coefficient (Wildman–Crippen LogP) is 9.71. The molecule has 3 heterocycles. The fourth-order valence-electron chi connectivity index (χ4n) is 6.69. The summed E-state index contributed by atoms with van der Waals surface area (Å²) >= 11 is 0. The molecule has 0 saturated carbocycles. The van der Waals surface area contributed by atoms with Crippen molar-refractivity contribution >= 4 is 32.6 Å². The predicted molar refractivity (Wildman–Crippen MR) is 169 cm³/mol. The van der Waals surface area contributed by atoms with Gasteiger partial charge in [0.05, 0.1) is 16.7 Å². The van der Waals surface area contributed by atoms with Crippen molar-refractivity contribution in [3.05, 3.63) is 140 Å². The first-order chi connectivity index (χ1) is 20.3. The minimum Gasteiger partial charge on any atom is -0.309 e. The second-order valence-electron chi connectivity index (χ2n) is 10.7. The molecule has 190 valence electrons. The Kier molecular flexibility index (Phi) is 4.61. The maximum atomic E-state index is 4.59. The van der Waals surface area contributed by atoms with Gasteiger partial charge in [0.2, 0.25) is 0 Å². The Balaban J connectivity index is 1.38. The minimum absolute atomic E-state index is 0.924. The van der Waals surface area contributed by atoms with Gasteiger partial charge in [0.25, 0.3) is 0 Å². The molecule has 0 atom stereocenters. The summed E-state index contributed by atoms with van der Waals surface area (Å²) in [6.07, 6.45) is 5.66. The van der Waals surface area contributed by atoms with Gasteiger partial charge >= 0.3 is 0 Å². The van der Waals surface area contributed by atoms with E-state index in [1.165, 1.54) is 54.8 Å². The molecule has 0 unspecified atom stereocenters. The minimum atomic E-state index is 0.924. The van der Waals surface area contributed by atoms with E-state index >= 15 is 0 Å². The molecule has 0 aliphatic heterocycles. The number of nitrogens with zero attached hydrogens (tertiary/aromatic N) is 3. The molecule has 0 saturated heterocycles. The lowest BCUT2D eigenvalue weighted by Gasteiger charge is -2.10. The number of benzene rings is 5. The lowest BCUT2D eigenvalue weighted by Crippen LogP contribution is -1.93. The Morgan fingerprint density at radius 1 is 0.463 bits per heavy atom. The molecule has 0 amide bonds. The fraction of sp³-hybridized carbons (Fsp3) is 0. The van der Waals surface area contributed by atoms with E-state index in [2.05, 4.69) is 118 Å². The van der Waals surface area contributed by atoms with Gasteiger partial charge in [-0.2, -0.15) is 0 Å². The molecule has 8 aromatic rings. The number of para-hydroxylation sites is 1. The van der Waals surface area contributed by atoms with Crippen LogP contribution in [0, 0.1) is 0 Å². The van der Waals surface area contributed by atoms with Crippen LogP contribution in [0.5, 0.6) is 0 Å². The molecule has 0 spiro atoms. The van der Waals surface area contributed by atoms with Crippen LogP contribution in [0.1, 0.15) is 0 Å². The summed E-state index contributed by atoms with van der Waals surface area (Å²) in [5, 5.41) is 5.16. The van der Waals surface area contributed by atoms with Crippen molar-refractivity contribution < 1.29 is 0 Å². The van der Waals surface area contributed by atoms with E-state index in [1.807, 2.05) is 36.8 Å². The molecular weight excluding hydrogens is 498 g/mol.